The molecule has 0 aromatic rings. The molecule has 2 aliphatic rings. The number of rotatable bonds is 10. The van der Waals surface area contributed by atoms with Crippen LogP contribution in [0.5, 0.6) is 0 Å². The predicted octanol–water partition coefficient (Wildman–Crippen LogP) is 0.171. The van der Waals surface area contributed by atoms with E-state index in [1.165, 1.54) is 0 Å². The van der Waals surface area contributed by atoms with Gasteiger partial charge in [-0.25, -0.2) is 8.42 Å². The maximum absolute atomic E-state index is 12.5. The fraction of sp³-hybridized carbons (Fsp3) is 0.950. The third-order valence-electron chi connectivity index (χ3n) is 5.51. The van der Waals surface area contributed by atoms with Gasteiger partial charge < -0.3 is 25.0 Å². The second-order valence-corrected chi connectivity index (χ2v) is 10.4. The minimum absolute atomic E-state index is 0.0346. The van der Waals surface area contributed by atoms with Crippen LogP contribution in [0, 0.1) is 0 Å². The van der Waals surface area contributed by atoms with E-state index in [4.69, 9.17) is 9.73 Å². The van der Waals surface area contributed by atoms with Crippen molar-refractivity contribution in [2.75, 3.05) is 71.3 Å². The minimum atomic E-state index is -3.28. The molecular formula is C20H41N5O4S. The highest BCUT2D eigenvalue weighted by Gasteiger charge is 2.28. The van der Waals surface area contributed by atoms with Crippen molar-refractivity contribution in [1.82, 2.24) is 19.4 Å². The summed E-state index contributed by atoms with van der Waals surface area (Å²) in [5, 5.41) is 12.9. The molecule has 0 aromatic heterocycles. The first kappa shape index (κ1) is 25.3. The lowest BCUT2D eigenvalue weighted by Crippen LogP contribution is -2.54. The fourth-order valence-corrected chi connectivity index (χ4v) is 5.03. The van der Waals surface area contributed by atoms with Crippen molar-refractivity contribution in [2.24, 2.45) is 4.99 Å². The summed E-state index contributed by atoms with van der Waals surface area (Å²) in [6.45, 7) is 12.8. The minimum Gasteiger partial charge on any atom is -0.393 e. The number of hydrogen-bond acceptors (Lipinski definition) is 6. The summed E-state index contributed by atoms with van der Waals surface area (Å²) in [4.78, 5) is 9.30. The topological polar surface area (TPSA) is 97.7 Å². The van der Waals surface area contributed by atoms with Gasteiger partial charge in [-0.15, -0.1) is 0 Å². The summed E-state index contributed by atoms with van der Waals surface area (Å²) in [7, 11) is -3.28. The number of piperidine rings is 1. The van der Waals surface area contributed by atoms with Crippen LogP contribution >= 0.6 is 0 Å². The van der Waals surface area contributed by atoms with Crippen molar-refractivity contribution in [3.05, 3.63) is 0 Å². The fourth-order valence-electron chi connectivity index (χ4n) is 3.74. The molecule has 10 heteroatoms. The van der Waals surface area contributed by atoms with E-state index in [1.54, 1.807) is 4.31 Å². The highest BCUT2D eigenvalue weighted by molar-refractivity contribution is 7.89. The van der Waals surface area contributed by atoms with Gasteiger partial charge in [-0.3, -0.25) is 4.99 Å². The monoisotopic (exact) mass is 447 g/mol. The first-order valence-electron chi connectivity index (χ1n) is 11.3. The van der Waals surface area contributed by atoms with E-state index in [2.05, 4.69) is 15.1 Å². The molecule has 2 saturated heterocycles. The molecule has 0 spiro atoms. The lowest BCUT2D eigenvalue weighted by atomic mass is 10.1. The lowest BCUT2D eigenvalue weighted by Gasteiger charge is -2.36. The van der Waals surface area contributed by atoms with Gasteiger partial charge in [0.1, 0.15) is 0 Å². The summed E-state index contributed by atoms with van der Waals surface area (Å²) in [5.74, 6) is 0.902. The maximum Gasteiger partial charge on any atom is 0.216 e. The zero-order valence-corrected chi connectivity index (χ0v) is 19.7. The third-order valence-corrected chi connectivity index (χ3v) is 7.34. The molecule has 2 rings (SSSR count). The van der Waals surface area contributed by atoms with Crippen LogP contribution in [0.15, 0.2) is 4.99 Å². The zero-order chi connectivity index (χ0) is 22.0. The number of aliphatic imine (C=N–C) groups is 1. The van der Waals surface area contributed by atoms with Crippen molar-refractivity contribution in [2.45, 2.75) is 52.2 Å². The first-order valence-corrected chi connectivity index (χ1v) is 13.0. The van der Waals surface area contributed by atoms with Crippen LogP contribution in [-0.4, -0.2) is 117 Å². The normalized spacial score (nSPS) is 20.8. The van der Waals surface area contributed by atoms with E-state index in [0.29, 0.717) is 26.2 Å². The van der Waals surface area contributed by atoms with Crippen LogP contribution in [0.2, 0.25) is 0 Å². The number of guanidine groups is 1. The lowest BCUT2D eigenvalue weighted by molar-refractivity contribution is 0.0824. The van der Waals surface area contributed by atoms with Gasteiger partial charge in [-0.2, -0.15) is 4.31 Å². The van der Waals surface area contributed by atoms with Gasteiger partial charge in [0.2, 0.25) is 10.0 Å². The molecule has 0 aliphatic carbocycles. The molecule has 0 aromatic carbocycles. The molecule has 0 bridgehead atoms. The summed E-state index contributed by atoms with van der Waals surface area (Å²) in [6, 6.07) is 0. The second-order valence-electron chi connectivity index (χ2n) is 8.28. The number of aliphatic hydroxyl groups is 1. The summed E-state index contributed by atoms with van der Waals surface area (Å²) in [6.07, 6.45) is 2.61. The molecule has 0 amide bonds. The maximum atomic E-state index is 12.5. The van der Waals surface area contributed by atoms with Gasteiger partial charge >= 0.3 is 0 Å². The number of hydrogen-bond donors (Lipinski definition) is 2. The number of sulfonamides is 1. The first-order chi connectivity index (χ1) is 14.3. The Morgan fingerprint density at radius 1 is 1.17 bits per heavy atom. The van der Waals surface area contributed by atoms with Crippen LogP contribution in [0.4, 0.5) is 0 Å². The number of ether oxygens (including phenoxy) is 1. The molecule has 30 heavy (non-hydrogen) atoms. The average molecular weight is 448 g/mol. The molecule has 2 fully saturated rings. The highest BCUT2D eigenvalue weighted by Crippen LogP contribution is 2.11. The average Bonchev–Trinajstić information content (AvgIpc) is 2.71. The highest BCUT2D eigenvalue weighted by atomic mass is 32.2. The van der Waals surface area contributed by atoms with Crippen molar-refractivity contribution >= 4 is 16.0 Å². The number of aliphatic hydroxyl groups excluding tert-OH is 1. The predicted molar refractivity (Wildman–Crippen MR) is 120 cm³/mol. The molecule has 0 radical (unpaired) electrons. The van der Waals surface area contributed by atoms with Crippen molar-refractivity contribution < 1.29 is 18.3 Å². The molecule has 0 atom stereocenters. The summed E-state index contributed by atoms with van der Waals surface area (Å²) in [5.41, 5.74) is 0. The van der Waals surface area contributed by atoms with E-state index >= 15 is 0 Å². The summed E-state index contributed by atoms with van der Waals surface area (Å²) < 4.78 is 32.0. The Labute approximate surface area is 182 Å². The van der Waals surface area contributed by atoms with Crippen LogP contribution in [-0.2, 0) is 14.8 Å². The quantitative estimate of drug-likeness (QED) is 0.280. The van der Waals surface area contributed by atoms with Crippen LogP contribution in [0.25, 0.3) is 0 Å². The molecule has 9 nitrogen and oxygen atoms in total. The molecular weight excluding hydrogens is 406 g/mol. The smallest absolute Gasteiger partial charge is 0.216 e. The van der Waals surface area contributed by atoms with E-state index in [0.717, 1.165) is 57.9 Å². The second kappa shape index (κ2) is 12.8. The van der Waals surface area contributed by atoms with E-state index in [1.807, 2.05) is 20.8 Å². The molecule has 2 N–H and O–H groups in total. The summed E-state index contributed by atoms with van der Waals surface area (Å²) >= 11 is 0. The van der Waals surface area contributed by atoms with Gasteiger partial charge in [0.15, 0.2) is 5.96 Å². The number of nitrogens with zero attached hydrogens (tertiary/aromatic N) is 4. The Hall–Kier alpha value is -0.940. The van der Waals surface area contributed by atoms with Gasteiger partial charge in [-0.1, -0.05) is 0 Å². The Kier molecular flexibility index (Phi) is 10.8. The van der Waals surface area contributed by atoms with E-state index in [9.17, 15) is 13.5 Å². The van der Waals surface area contributed by atoms with Crippen molar-refractivity contribution in [3.63, 3.8) is 0 Å². The van der Waals surface area contributed by atoms with E-state index < -0.39 is 10.0 Å². The molecule has 0 saturated carbocycles. The Balaban J connectivity index is 1.76. The number of nitrogens with one attached hydrogen (secondary N) is 1. The SMILES string of the molecule is CCNC(=NCCCN1CCC(O)CC1)N1CCN(S(=O)(=O)CCOC(C)C)CC1. The Morgan fingerprint density at radius 3 is 2.43 bits per heavy atom. The van der Waals surface area contributed by atoms with Crippen molar-refractivity contribution in [3.8, 4) is 0 Å². The largest absolute Gasteiger partial charge is 0.393 e. The Bertz CT molecular complexity index is 613. The molecule has 176 valence electrons. The standard InChI is InChI=1S/C20H41N5O4S/c1-4-21-20(22-8-5-9-23-10-6-19(26)7-11-23)24-12-14-25(15-13-24)30(27,28)17-16-29-18(2)3/h18-19,26H,4-17H2,1-3H3,(H,21,22). The van der Waals surface area contributed by atoms with Gasteiger partial charge in [0, 0.05) is 52.4 Å². The molecule has 2 heterocycles. The van der Waals surface area contributed by atoms with Crippen LogP contribution in [0.1, 0.15) is 40.0 Å². The van der Waals surface area contributed by atoms with Gasteiger partial charge in [-0.05, 0) is 46.6 Å². The Morgan fingerprint density at radius 2 is 1.83 bits per heavy atom. The van der Waals surface area contributed by atoms with Gasteiger partial charge in [0.05, 0.1) is 24.6 Å². The number of piperazine rings is 1. The third kappa shape index (κ3) is 8.66. The van der Waals surface area contributed by atoms with Crippen LogP contribution < -0.4 is 5.32 Å². The van der Waals surface area contributed by atoms with Crippen molar-refractivity contribution in [1.29, 1.82) is 0 Å². The van der Waals surface area contributed by atoms with Gasteiger partial charge in [0.25, 0.3) is 0 Å². The van der Waals surface area contributed by atoms with Crippen LogP contribution in [0.3, 0.4) is 0 Å². The zero-order valence-electron chi connectivity index (χ0n) is 18.9. The number of likely N-dealkylation sites (tertiary alicyclic amines) is 1. The molecule has 0 unspecified atom stereocenters. The van der Waals surface area contributed by atoms with E-state index in [-0.39, 0.29) is 24.6 Å². The molecule has 2 aliphatic heterocycles.